The van der Waals surface area contributed by atoms with E-state index in [1.54, 1.807) is 43.5 Å². The van der Waals surface area contributed by atoms with Crippen LogP contribution in [-0.2, 0) is 11.3 Å². The van der Waals surface area contributed by atoms with Gasteiger partial charge < -0.3 is 10.1 Å². The first-order valence-electron chi connectivity index (χ1n) is 8.01. The lowest BCUT2D eigenvalue weighted by Gasteiger charge is -2.08. The first kappa shape index (κ1) is 17.0. The monoisotopic (exact) mass is 382 g/mol. The van der Waals surface area contributed by atoms with Crippen LogP contribution in [0.5, 0.6) is 5.75 Å². The lowest BCUT2D eigenvalue weighted by molar-refractivity contribution is -0.116. The number of methoxy groups -OCH3 is 1. The fraction of sp³-hybridized carbons (Fsp3) is 0.111. The molecule has 0 saturated carbocycles. The third-order valence-corrected chi connectivity index (χ3v) is 4.98. The van der Waals surface area contributed by atoms with Crippen LogP contribution in [0.25, 0.3) is 21.1 Å². The topological polar surface area (TPSA) is 106 Å². The van der Waals surface area contributed by atoms with Gasteiger partial charge in [0.25, 0.3) is 5.56 Å². The highest BCUT2D eigenvalue weighted by molar-refractivity contribution is 7.22. The zero-order chi connectivity index (χ0) is 19.0. The average Bonchev–Trinajstić information content (AvgIpc) is 3.06. The van der Waals surface area contributed by atoms with E-state index in [-0.39, 0.29) is 6.54 Å². The smallest absolute Gasteiger partial charge is 0.329 e. The Balaban J connectivity index is 1.63. The minimum Gasteiger partial charge on any atom is -0.497 e. The van der Waals surface area contributed by atoms with E-state index in [1.807, 2.05) is 6.07 Å². The first-order valence-corrected chi connectivity index (χ1v) is 8.83. The van der Waals surface area contributed by atoms with Gasteiger partial charge in [-0.05, 0) is 30.3 Å². The van der Waals surface area contributed by atoms with E-state index in [0.717, 1.165) is 10.2 Å². The van der Waals surface area contributed by atoms with E-state index in [4.69, 9.17) is 4.74 Å². The van der Waals surface area contributed by atoms with Crippen LogP contribution < -0.4 is 21.3 Å². The number of para-hydroxylation sites is 1. The van der Waals surface area contributed by atoms with Crippen molar-refractivity contribution in [3.63, 3.8) is 0 Å². The molecule has 0 bridgehead atoms. The molecule has 0 radical (unpaired) electrons. The van der Waals surface area contributed by atoms with Gasteiger partial charge >= 0.3 is 5.69 Å². The number of H-pyrrole nitrogens is 1. The minimum absolute atomic E-state index is 0.241. The zero-order valence-electron chi connectivity index (χ0n) is 14.2. The van der Waals surface area contributed by atoms with Gasteiger partial charge in [-0.2, -0.15) is 0 Å². The summed E-state index contributed by atoms with van der Waals surface area (Å²) in [6.45, 7) is -0.241. The number of aromatic amines is 1. The largest absolute Gasteiger partial charge is 0.497 e. The van der Waals surface area contributed by atoms with Crippen molar-refractivity contribution >= 4 is 43.5 Å². The van der Waals surface area contributed by atoms with Crippen LogP contribution in [0.2, 0.25) is 0 Å². The second kappa shape index (κ2) is 6.69. The maximum Gasteiger partial charge on any atom is 0.329 e. The van der Waals surface area contributed by atoms with Crippen molar-refractivity contribution in [2.45, 2.75) is 6.54 Å². The number of thiazole rings is 1. The number of fused-ring (bicyclic) bond motifs is 2. The van der Waals surface area contributed by atoms with Gasteiger partial charge in [0.15, 0.2) is 5.13 Å². The van der Waals surface area contributed by atoms with Gasteiger partial charge in [-0.15, -0.1) is 0 Å². The highest BCUT2D eigenvalue weighted by atomic mass is 32.1. The number of amides is 1. The number of ether oxygens (including phenoxy) is 1. The number of benzene rings is 2. The Morgan fingerprint density at radius 2 is 2.07 bits per heavy atom. The van der Waals surface area contributed by atoms with Crippen molar-refractivity contribution in [1.29, 1.82) is 0 Å². The molecule has 2 aromatic carbocycles. The molecule has 2 aromatic heterocycles. The van der Waals surface area contributed by atoms with Crippen LogP contribution in [0.1, 0.15) is 0 Å². The number of anilines is 1. The molecule has 0 aliphatic heterocycles. The Hall–Kier alpha value is -3.46. The Bertz CT molecular complexity index is 1290. The van der Waals surface area contributed by atoms with Crippen LogP contribution in [-0.4, -0.2) is 27.6 Å². The molecule has 0 aliphatic rings. The van der Waals surface area contributed by atoms with Crippen molar-refractivity contribution in [2.75, 3.05) is 12.4 Å². The predicted octanol–water partition coefficient (Wildman–Crippen LogP) is 1.95. The van der Waals surface area contributed by atoms with E-state index in [2.05, 4.69) is 15.3 Å². The van der Waals surface area contributed by atoms with E-state index in [1.165, 1.54) is 15.9 Å². The average molecular weight is 382 g/mol. The molecule has 0 unspecified atom stereocenters. The molecule has 27 heavy (non-hydrogen) atoms. The van der Waals surface area contributed by atoms with Gasteiger partial charge in [0.2, 0.25) is 5.91 Å². The number of nitrogens with one attached hydrogen (secondary N) is 2. The van der Waals surface area contributed by atoms with Gasteiger partial charge in [0.05, 0.1) is 28.2 Å². The van der Waals surface area contributed by atoms with E-state index >= 15 is 0 Å². The molecule has 0 atom stereocenters. The Kier molecular flexibility index (Phi) is 4.21. The first-order chi connectivity index (χ1) is 13.0. The predicted molar refractivity (Wildman–Crippen MR) is 104 cm³/mol. The summed E-state index contributed by atoms with van der Waals surface area (Å²) in [7, 11) is 1.58. The summed E-state index contributed by atoms with van der Waals surface area (Å²) in [5, 5.41) is 3.47. The fourth-order valence-corrected chi connectivity index (χ4v) is 3.70. The molecule has 4 aromatic rings. The summed E-state index contributed by atoms with van der Waals surface area (Å²) in [5.41, 5.74) is 0.0217. The highest BCUT2D eigenvalue weighted by Crippen LogP contribution is 2.29. The number of rotatable bonds is 4. The van der Waals surface area contributed by atoms with Crippen molar-refractivity contribution in [1.82, 2.24) is 14.5 Å². The molecular weight excluding hydrogens is 368 g/mol. The molecule has 0 fully saturated rings. The number of carbonyl (C=O) groups excluding carboxylic acids is 1. The molecule has 9 heteroatoms. The number of nitrogens with zero attached hydrogens (tertiary/aromatic N) is 2. The summed E-state index contributed by atoms with van der Waals surface area (Å²) in [6.07, 6.45) is 0. The van der Waals surface area contributed by atoms with Crippen molar-refractivity contribution in [3.05, 3.63) is 63.3 Å². The molecule has 0 spiro atoms. The van der Waals surface area contributed by atoms with Gasteiger partial charge in [0, 0.05) is 0 Å². The van der Waals surface area contributed by atoms with E-state index in [0.29, 0.717) is 21.8 Å². The second-order valence-corrected chi connectivity index (χ2v) is 6.79. The highest BCUT2D eigenvalue weighted by Gasteiger charge is 2.13. The Morgan fingerprint density at radius 3 is 2.89 bits per heavy atom. The number of hydrogen-bond donors (Lipinski definition) is 2. The third kappa shape index (κ3) is 3.20. The summed E-state index contributed by atoms with van der Waals surface area (Å²) >= 11 is 1.31. The van der Waals surface area contributed by atoms with Gasteiger partial charge in [0.1, 0.15) is 12.3 Å². The minimum atomic E-state index is -0.636. The molecule has 2 N–H and O–H groups in total. The standard InChI is InChI=1S/C18H14N4O4S/c1-26-10-6-7-12-14(8-10)27-17(19-12)20-15(23)9-22-13-5-3-2-4-11(13)16(24)21-18(22)25/h2-8H,9H2,1H3,(H,19,20,23)(H,21,24,25). The summed E-state index contributed by atoms with van der Waals surface area (Å²) in [6, 6.07) is 12.1. The number of aromatic nitrogens is 3. The maximum atomic E-state index is 12.4. The van der Waals surface area contributed by atoms with Crippen LogP contribution in [0.15, 0.2) is 52.1 Å². The van der Waals surface area contributed by atoms with Gasteiger partial charge in [-0.25, -0.2) is 9.78 Å². The summed E-state index contributed by atoms with van der Waals surface area (Å²) < 4.78 is 7.28. The van der Waals surface area contributed by atoms with Crippen molar-refractivity contribution < 1.29 is 9.53 Å². The maximum absolute atomic E-state index is 12.4. The molecule has 136 valence electrons. The SMILES string of the molecule is COc1ccc2nc(NC(=O)Cn3c(=O)[nH]c(=O)c4ccccc43)sc2c1. The van der Waals surface area contributed by atoms with Crippen LogP contribution in [0, 0.1) is 0 Å². The molecule has 1 amide bonds. The van der Waals surface area contributed by atoms with Crippen LogP contribution >= 0.6 is 11.3 Å². The molecule has 2 heterocycles. The molecule has 0 aliphatic carbocycles. The Morgan fingerprint density at radius 1 is 1.26 bits per heavy atom. The van der Waals surface area contributed by atoms with E-state index in [9.17, 15) is 14.4 Å². The van der Waals surface area contributed by atoms with Crippen molar-refractivity contribution in [2.24, 2.45) is 0 Å². The number of hydrogen-bond acceptors (Lipinski definition) is 6. The summed E-state index contributed by atoms with van der Waals surface area (Å²) in [4.78, 5) is 43.1. The normalized spacial score (nSPS) is 11.0. The number of carbonyl (C=O) groups is 1. The van der Waals surface area contributed by atoms with Gasteiger partial charge in [-0.1, -0.05) is 23.5 Å². The second-order valence-electron chi connectivity index (χ2n) is 5.76. The zero-order valence-corrected chi connectivity index (χ0v) is 15.0. The molecule has 0 saturated heterocycles. The molecule has 4 rings (SSSR count). The Labute approximate surface area is 156 Å². The molecule has 8 nitrogen and oxygen atoms in total. The fourth-order valence-electron chi connectivity index (χ4n) is 2.79. The van der Waals surface area contributed by atoms with Crippen molar-refractivity contribution in [3.8, 4) is 5.75 Å². The van der Waals surface area contributed by atoms with Crippen LogP contribution in [0.3, 0.4) is 0 Å². The summed E-state index contributed by atoms with van der Waals surface area (Å²) in [5.74, 6) is 0.288. The van der Waals surface area contributed by atoms with Crippen LogP contribution in [0.4, 0.5) is 5.13 Å². The van der Waals surface area contributed by atoms with Gasteiger partial charge in [-0.3, -0.25) is 19.1 Å². The quantitative estimate of drug-likeness (QED) is 0.561. The van der Waals surface area contributed by atoms with E-state index < -0.39 is 17.2 Å². The lowest BCUT2D eigenvalue weighted by Crippen LogP contribution is -2.33. The molecular formula is C18H14N4O4S. The third-order valence-electron chi connectivity index (χ3n) is 4.05. The lowest BCUT2D eigenvalue weighted by atomic mass is 10.2.